The van der Waals surface area contributed by atoms with E-state index in [-0.39, 0.29) is 11.2 Å². The van der Waals surface area contributed by atoms with E-state index >= 15 is 0 Å². The van der Waals surface area contributed by atoms with E-state index in [0.717, 1.165) is 5.75 Å². The van der Waals surface area contributed by atoms with Gasteiger partial charge in [-0.2, -0.15) is 0 Å². The van der Waals surface area contributed by atoms with Gasteiger partial charge in [-0.25, -0.2) is 5.26 Å². The quantitative estimate of drug-likeness (QED) is 0.361. The first-order valence-electron chi connectivity index (χ1n) is 2.61. The normalized spacial score (nSPS) is 14.6. The van der Waals surface area contributed by atoms with Crippen LogP contribution in [0, 0.1) is 5.92 Å². The highest BCUT2D eigenvalue weighted by Gasteiger charge is 2.13. The highest BCUT2D eigenvalue weighted by atomic mass is 32.2. The summed E-state index contributed by atoms with van der Waals surface area (Å²) in [5.74, 6) is 1.55. The predicted octanol–water partition coefficient (Wildman–Crippen LogP) is 1.30. The van der Waals surface area contributed by atoms with Crippen molar-refractivity contribution in [2.24, 2.45) is 5.92 Å². The zero-order chi connectivity index (χ0) is 6.57. The zero-order valence-electron chi connectivity index (χ0n) is 5.55. The van der Waals surface area contributed by atoms with Crippen LogP contribution in [0.3, 0.4) is 0 Å². The second-order valence-electron chi connectivity index (χ2n) is 2.21. The maximum absolute atomic E-state index is 8.10. The molecule has 0 aromatic rings. The van der Waals surface area contributed by atoms with E-state index in [2.05, 4.69) is 18.2 Å². The average Bonchev–Trinajstić information content (AvgIpc) is 1.65. The molecule has 0 rings (SSSR count). The van der Waals surface area contributed by atoms with E-state index in [1.54, 1.807) is 0 Å². The summed E-state index contributed by atoms with van der Waals surface area (Å²) in [6.45, 7) is 4.20. The van der Waals surface area contributed by atoms with E-state index in [1.165, 1.54) is 0 Å². The van der Waals surface area contributed by atoms with Gasteiger partial charge in [-0.1, -0.05) is 13.8 Å². The summed E-state index contributed by atoms with van der Waals surface area (Å²) in [5.41, 5.74) is 0. The Kier molecular flexibility index (Phi) is 4.32. The average molecular weight is 137 g/mol. The molecule has 0 saturated carbocycles. The summed E-state index contributed by atoms with van der Waals surface area (Å²) in [7, 11) is 0. The molecule has 0 aliphatic heterocycles. The van der Waals surface area contributed by atoms with Crippen LogP contribution in [0.25, 0.3) is 0 Å². The van der Waals surface area contributed by atoms with Crippen molar-refractivity contribution in [1.82, 2.24) is 0 Å². The summed E-state index contributed by atoms with van der Waals surface area (Å²) >= 11 is -0.252. The second kappa shape index (κ2) is 4.18. The third-order valence-corrected chi connectivity index (χ3v) is 2.09. The van der Waals surface area contributed by atoms with E-state index < -0.39 is 0 Å². The minimum Gasteiger partial charge on any atom is -0.204 e. The van der Waals surface area contributed by atoms with Gasteiger partial charge in [0.25, 0.3) is 0 Å². The maximum Gasteiger partial charge on any atom is 0.183 e. The highest BCUT2D eigenvalue weighted by Crippen LogP contribution is 1.99. The first kappa shape index (κ1) is 8.27. The Morgan fingerprint density at radius 2 is 2.12 bits per heavy atom. The van der Waals surface area contributed by atoms with Crippen LogP contribution in [0.1, 0.15) is 13.8 Å². The summed E-state index contributed by atoms with van der Waals surface area (Å²) in [6.07, 6.45) is 1.88. The van der Waals surface area contributed by atoms with Crippen LogP contribution in [0.2, 0.25) is 0 Å². The van der Waals surface area contributed by atoms with Gasteiger partial charge >= 0.3 is 0 Å². The van der Waals surface area contributed by atoms with Gasteiger partial charge in [0.15, 0.2) is 11.2 Å². The van der Waals surface area contributed by atoms with Crippen LogP contribution in [0.15, 0.2) is 0 Å². The molecule has 3 heteroatoms. The molecule has 0 bridgehead atoms. The topological polar surface area (TPSA) is 29.5 Å². The summed E-state index contributed by atoms with van der Waals surface area (Å²) in [4.78, 5) is 0. The van der Waals surface area contributed by atoms with Gasteiger partial charge in [0.2, 0.25) is 0 Å². The molecule has 0 aliphatic rings. The first-order chi connectivity index (χ1) is 3.66. The minimum atomic E-state index is -0.252. The van der Waals surface area contributed by atoms with Crippen LogP contribution in [0.4, 0.5) is 0 Å². The zero-order valence-corrected chi connectivity index (χ0v) is 6.36. The molecule has 0 heterocycles. The lowest BCUT2D eigenvalue weighted by Gasteiger charge is -1.97. The predicted molar refractivity (Wildman–Crippen MR) is 36.7 cm³/mol. The molecule has 0 saturated heterocycles. The van der Waals surface area contributed by atoms with E-state index in [9.17, 15) is 0 Å². The number of hydrogen-bond donors (Lipinski definition) is 1. The lowest BCUT2D eigenvalue weighted by molar-refractivity contribution is -0.122. The molecule has 2 nitrogen and oxygen atoms in total. The van der Waals surface area contributed by atoms with Crippen molar-refractivity contribution in [3.05, 3.63) is 0 Å². The standard InChI is InChI=1S/C5H12O2S/c1-5(2)4-8(3)7-6/h5H,4H2,1-3H3/p+1. The lowest BCUT2D eigenvalue weighted by Crippen LogP contribution is -2.11. The molecule has 1 N–H and O–H groups in total. The van der Waals surface area contributed by atoms with E-state index in [0.29, 0.717) is 5.92 Å². The smallest absolute Gasteiger partial charge is 0.183 e. The summed E-state index contributed by atoms with van der Waals surface area (Å²) in [5, 5.41) is 8.10. The molecule has 0 aliphatic carbocycles. The summed E-state index contributed by atoms with van der Waals surface area (Å²) < 4.78 is 4.09. The van der Waals surface area contributed by atoms with Crippen LogP contribution in [-0.2, 0) is 15.5 Å². The van der Waals surface area contributed by atoms with Gasteiger partial charge in [-0.05, 0) is 4.33 Å². The fourth-order valence-electron chi connectivity index (χ4n) is 0.500. The molecule has 0 fully saturated rings. The SMILES string of the molecule is CC(C)C[S+](C)OO. The molecule has 1 unspecified atom stereocenters. The Labute approximate surface area is 53.3 Å². The Morgan fingerprint density at radius 1 is 1.62 bits per heavy atom. The lowest BCUT2D eigenvalue weighted by atomic mass is 10.3. The Balaban J connectivity index is 3.10. The van der Waals surface area contributed by atoms with Gasteiger partial charge in [0.1, 0.15) is 12.0 Å². The number of rotatable bonds is 3. The van der Waals surface area contributed by atoms with Crippen LogP contribution >= 0.6 is 0 Å². The fraction of sp³-hybridized carbons (Fsp3) is 1.00. The molecule has 50 valence electrons. The molecule has 0 aromatic carbocycles. The van der Waals surface area contributed by atoms with Crippen molar-refractivity contribution in [3.8, 4) is 0 Å². The van der Waals surface area contributed by atoms with Crippen LogP contribution < -0.4 is 0 Å². The first-order valence-corrected chi connectivity index (χ1v) is 4.34. The van der Waals surface area contributed by atoms with Crippen molar-refractivity contribution in [3.63, 3.8) is 0 Å². The third kappa shape index (κ3) is 4.43. The summed E-state index contributed by atoms with van der Waals surface area (Å²) in [6, 6.07) is 0. The molecule has 0 aromatic heterocycles. The van der Waals surface area contributed by atoms with Gasteiger partial charge in [-0.3, -0.25) is 0 Å². The van der Waals surface area contributed by atoms with Crippen molar-refractivity contribution in [2.75, 3.05) is 12.0 Å². The van der Waals surface area contributed by atoms with Crippen molar-refractivity contribution < 1.29 is 9.59 Å². The minimum absolute atomic E-state index is 0.252. The van der Waals surface area contributed by atoms with Gasteiger partial charge in [0, 0.05) is 5.92 Å². The van der Waals surface area contributed by atoms with E-state index in [4.69, 9.17) is 5.26 Å². The molecule has 0 radical (unpaired) electrons. The molecule has 0 spiro atoms. The second-order valence-corrected chi connectivity index (χ2v) is 3.84. The molecular weight excluding hydrogens is 124 g/mol. The molecule has 8 heavy (non-hydrogen) atoms. The molecule has 0 amide bonds. The maximum atomic E-state index is 8.10. The van der Waals surface area contributed by atoms with E-state index in [1.807, 2.05) is 6.26 Å². The molecule has 1 atom stereocenters. The Hall–Kier alpha value is 0.270. The Bertz CT molecular complexity index is 56.4. The highest BCUT2D eigenvalue weighted by molar-refractivity contribution is 7.91. The van der Waals surface area contributed by atoms with Gasteiger partial charge in [-0.15, -0.1) is 0 Å². The Morgan fingerprint density at radius 3 is 2.25 bits per heavy atom. The third-order valence-electron chi connectivity index (χ3n) is 0.695. The van der Waals surface area contributed by atoms with Gasteiger partial charge in [0.05, 0.1) is 0 Å². The largest absolute Gasteiger partial charge is 0.204 e. The van der Waals surface area contributed by atoms with Crippen LogP contribution in [0.5, 0.6) is 0 Å². The number of hydrogen-bond acceptors (Lipinski definition) is 2. The van der Waals surface area contributed by atoms with Crippen molar-refractivity contribution in [2.45, 2.75) is 13.8 Å². The van der Waals surface area contributed by atoms with Gasteiger partial charge < -0.3 is 0 Å². The van der Waals surface area contributed by atoms with Crippen LogP contribution in [-0.4, -0.2) is 17.3 Å². The fourth-order valence-corrected chi connectivity index (χ4v) is 1.50. The van der Waals surface area contributed by atoms with Crippen molar-refractivity contribution >= 4 is 11.2 Å². The van der Waals surface area contributed by atoms with Crippen molar-refractivity contribution in [1.29, 1.82) is 0 Å². The molecular formula is C5H13O2S+. The monoisotopic (exact) mass is 137 g/mol.